The molecule has 1 aliphatic rings. The minimum atomic E-state index is -0.914. The van der Waals surface area contributed by atoms with Crippen LogP contribution in [0.15, 0.2) is 0 Å². The fraction of sp³-hybridized carbons (Fsp3) is 0.909. The molecular formula is C11H23NO4. The Kier molecular flexibility index (Phi) is 6.36. The maximum absolute atomic E-state index is 11.3. The van der Waals surface area contributed by atoms with Crippen molar-refractivity contribution in [2.24, 2.45) is 0 Å². The average molecular weight is 233 g/mol. The van der Waals surface area contributed by atoms with Gasteiger partial charge in [0.05, 0.1) is 12.6 Å². The van der Waals surface area contributed by atoms with E-state index in [0.29, 0.717) is 13.0 Å². The summed E-state index contributed by atoms with van der Waals surface area (Å²) in [7, 11) is 0. The van der Waals surface area contributed by atoms with Crippen LogP contribution in [0, 0.1) is 0 Å². The lowest BCUT2D eigenvalue weighted by atomic mass is 10.2. The molecule has 96 valence electrons. The molecule has 2 unspecified atom stereocenters. The quantitative estimate of drug-likeness (QED) is 0.722. The molecule has 0 aromatic heterocycles. The number of hydrogen-bond donors (Lipinski definition) is 2. The molecule has 0 aromatic rings. The Hall–Kier alpha value is -0.810. The molecule has 1 amide bonds. The first kappa shape index (κ1) is 15.2. The highest BCUT2D eigenvalue weighted by Crippen LogP contribution is 2.12. The van der Waals surface area contributed by atoms with Gasteiger partial charge < -0.3 is 19.9 Å². The highest BCUT2D eigenvalue weighted by Gasteiger charge is 2.29. The Balaban J connectivity index is 0.00000106. The second-order valence-electron chi connectivity index (χ2n) is 4.30. The van der Waals surface area contributed by atoms with Crippen molar-refractivity contribution in [2.45, 2.75) is 59.0 Å². The van der Waals surface area contributed by atoms with E-state index in [1.807, 2.05) is 13.8 Å². The van der Waals surface area contributed by atoms with E-state index >= 15 is 0 Å². The number of ether oxygens (including phenoxy) is 2. The molecule has 1 aliphatic heterocycles. The molecule has 1 saturated heterocycles. The van der Waals surface area contributed by atoms with Crippen LogP contribution in [0.4, 0.5) is 4.79 Å². The molecule has 0 spiro atoms. The van der Waals surface area contributed by atoms with E-state index in [0.717, 1.165) is 0 Å². The fourth-order valence-electron chi connectivity index (χ4n) is 1.18. The molecule has 2 atom stereocenters. The van der Waals surface area contributed by atoms with Crippen LogP contribution in [0.5, 0.6) is 0 Å². The lowest BCUT2D eigenvalue weighted by Crippen LogP contribution is -2.43. The third-order valence-corrected chi connectivity index (χ3v) is 1.76. The zero-order valence-corrected chi connectivity index (χ0v) is 10.7. The Morgan fingerprint density at radius 1 is 1.44 bits per heavy atom. The van der Waals surface area contributed by atoms with Crippen LogP contribution in [0.1, 0.15) is 41.0 Å². The van der Waals surface area contributed by atoms with Crippen LogP contribution in [0.3, 0.4) is 0 Å². The summed E-state index contributed by atoms with van der Waals surface area (Å²) in [5, 5.41) is 11.8. The third kappa shape index (κ3) is 5.92. The number of rotatable bonds is 1. The van der Waals surface area contributed by atoms with Crippen LogP contribution in [0.2, 0.25) is 0 Å². The minimum Gasteiger partial charge on any atom is -0.444 e. The molecule has 5 nitrogen and oxygen atoms in total. The van der Waals surface area contributed by atoms with Crippen molar-refractivity contribution < 1.29 is 19.4 Å². The van der Waals surface area contributed by atoms with Gasteiger partial charge in [-0.2, -0.15) is 0 Å². The Morgan fingerprint density at radius 3 is 2.38 bits per heavy atom. The summed E-state index contributed by atoms with van der Waals surface area (Å²) in [6, 6.07) is -0.357. The first-order valence-corrected chi connectivity index (χ1v) is 5.68. The zero-order chi connectivity index (χ0) is 12.8. The number of hydrogen-bond acceptors (Lipinski definition) is 4. The largest absolute Gasteiger partial charge is 0.444 e. The number of aliphatic hydroxyl groups excluding tert-OH is 1. The molecule has 0 saturated carbocycles. The van der Waals surface area contributed by atoms with Gasteiger partial charge in [0.25, 0.3) is 0 Å². The fourth-order valence-corrected chi connectivity index (χ4v) is 1.18. The second-order valence-corrected chi connectivity index (χ2v) is 4.30. The van der Waals surface area contributed by atoms with Gasteiger partial charge in [0.2, 0.25) is 0 Å². The third-order valence-electron chi connectivity index (χ3n) is 1.76. The SMILES string of the molecule is CC.CC(C)(C)OC(=O)NC1CCOC1O. The van der Waals surface area contributed by atoms with Crippen molar-refractivity contribution in [3.8, 4) is 0 Å². The number of nitrogens with one attached hydrogen (secondary N) is 1. The second kappa shape index (κ2) is 6.70. The first-order chi connectivity index (χ1) is 7.38. The van der Waals surface area contributed by atoms with E-state index < -0.39 is 18.0 Å². The predicted molar refractivity (Wildman–Crippen MR) is 61.1 cm³/mol. The van der Waals surface area contributed by atoms with Gasteiger partial charge in [-0.15, -0.1) is 0 Å². The van der Waals surface area contributed by atoms with E-state index in [9.17, 15) is 9.90 Å². The molecule has 1 fully saturated rings. The first-order valence-electron chi connectivity index (χ1n) is 5.68. The minimum absolute atomic E-state index is 0.357. The van der Waals surface area contributed by atoms with E-state index in [2.05, 4.69) is 5.32 Å². The Morgan fingerprint density at radius 2 is 2.00 bits per heavy atom. The molecule has 0 bridgehead atoms. The molecule has 16 heavy (non-hydrogen) atoms. The van der Waals surface area contributed by atoms with Crippen molar-refractivity contribution in [2.75, 3.05) is 6.61 Å². The lowest BCUT2D eigenvalue weighted by Gasteiger charge is -2.22. The molecule has 0 aromatic carbocycles. The maximum atomic E-state index is 11.3. The van der Waals surface area contributed by atoms with Gasteiger partial charge in [-0.3, -0.25) is 0 Å². The van der Waals surface area contributed by atoms with Crippen molar-refractivity contribution in [3.63, 3.8) is 0 Å². The number of amides is 1. The predicted octanol–water partition coefficient (Wildman–Crippen LogP) is 1.64. The van der Waals surface area contributed by atoms with Crippen LogP contribution in [-0.2, 0) is 9.47 Å². The number of alkyl carbamates (subject to hydrolysis) is 1. The van der Waals surface area contributed by atoms with Gasteiger partial charge in [-0.1, -0.05) is 13.8 Å². The Labute approximate surface area is 97.1 Å². The van der Waals surface area contributed by atoms with Crippen LogP contribution >= 0.6 is 0 Å². The van der Waals surface area contributed by atoms with Crippen LogP contribution in [0.25, 0.3) is 0 Å². The van der Waals surface area contributed by atoms with Gasteiger partial charge in [-0.25, -0.2) is 4.79 Å². The highest BCUT2D eigenvalue weighted by atomic mass is 16.6. The summed E-state index contributed by atoms with van der Waals surface area (Å²) in [6.45, 7) is 9.82. The standard InChI is InChI=1S/C9H17NO4.C2H6/c1-9(2,3)14-8(12)10-6-4-5-13-7(6)11;1-2/h6-7,11H,4-5H2,1-3H3,(H,10,12);1-2H3. The van der Waals surface area contributed by atoms with Gasteiger partial charge in [0.1, 0.15) is 5.60 Å². The lowest BCUT2D eigenvalue weighted by molar-refractivity contribution is -0.0723. The van der Waals surface area contributed by atoms with E-state index in [1.54, 1.807) is 20.8 Å². The smallest absolute Gasteiger partial charge is 0.408 e. The highest BCUT2D eigenvalue weighted by molar-refractivity contribution is 5.68. The summed E-state index contributed by atoms with van der Waals surface area (Å²) in [6.07, 6.45) is -0.824. The van der Waals surface area contributed by atoms with Crippen LogP contribution in [-0.4, -0.2) is 35.7 Å². The molecular weight excluding hydrogens is 210 g/mol. The summed E-state index contributed by atoms with van der Waals surface area (Å²) in [5.41, 5.74) is -0.519. The van der Waals surface area contributed by atoms with E-state index in [1.165, 1.54) is 0 Å². The summed E-state index contributed by atoms with van der Waals surface area (Å²) in [4.78, 5) is 11.3. The number of carbonyl (C=O) groups is 1. The normalized spacial score (nSPS) is 24.4. The molecule has 0 radical (unpaired) electrons. The molecule has 2 N–H and O–H groups in total. The molecule has 1 heterocycles. The van der Waals surface area contributed by atoms with Crippen LogP contribution < -0.4 is 5.32 Å². The monoisotopic (exact) mass is 233 g/mol. The number of carbonyl (C=O) groups excluding carboxylic acids is 1. The van der Waals surface area contributed by atoms with Crippen molar-refractivity contribution in [1.29, 1.82) is 0 Å². The van der Waals surface area contributed by atoms with Gasteiger partial charge in [0, 0.05) is 0 Å². The topological polar surface area (TPSA) is 67.8 Å². The van der Waals surface area contributed by atoms with Gasteiger partial charge in [-0.05, 0) is 27.2 Å². The van der Waals surface area contributed by atoms with E-state index in [-0.39, 0.29) is 6.04 Å². The number of aliphatic hydroxyl groups is 1. The van der Waals surface area contributed by atoms with Crippen molar-refractivity contribution in [3.05, 3.63) is 0 Å². The molecule has 5 heteroatoms. The van der Waals surface area contributed by atoms with Crippen molar-refractivity contribution >= 4 is 6.09 Å². The summed E-state index contributed by atoms with van der Waals surface area (Å²) < 4.78 is 9.91. The average Bonchev–Trinajstić information content (AvgIpc) is 2.52. The molecule has 1 rings (SSSR count). The van der Waals surface area contributed by atoms with E-state index in [4.69, 9.17) is 9.47 Å². The molecule has 0 aliphatic carbocycles. The zero-order valence-electron chi connectivity index (χ0n) is 10.7. The van der Waals surface area contributed by atoms with Crippen molar-refractivity contribution in [1.82, 2.24) is 5.32 Å². The maximum Gasteiger partial charge on any atom is 0.408 e. The summed E-state index contributed by atoms with van der Waals surface area (Å²) >= 11 is 0. The van der Waals surface area contributed by atoms with Gasteiger partial charge in [0.15, 0.2) is 6.29 Å². The van der Waals surface area contributed by atoms with Gasteiger partial charge >= 0.3 is 6.09 Å². The Bertz CT molecular complexity index is 213. The summed E-state index contributed by atoms with van der Waals surface area (Å²) in [5.74, 6) is 0.